The number of carbonyl (C=O) groups excluding carboxylic acids is 1. The molecule has 7 nitrogen and oxygen atoms in total. The molecule has 1 aromatic heterocycles. The summed E-state index contributed by atoms with van der Waals surface area (Å²) in [6.07, 6.45) is 0.281. The Hall–Kier alpha value is -2.06. The quantitative estimate of drug-likeness (QED) is 0.314. The van der Waals surface area contributed by atoms with Crippen LogP contribution in [0.4, 0.5) is 5.95 Å². The summed E-state index contributed by atoms with van der Waals surface area (Å²) in [6, 6.07) is 7.78. The highest BCUT2D eigenvalue weighted by molar-refractivity contribution is 7.98. The van der Waals surface area contributed by atoms with Crippen molar-refractivity contribution in [3.05, 3.63) is 35.4 Å². The van der Waals surface area contributed by atoms with Crippen LogP contribution in [0.1, 0.15) is 11.1 Å². The zero-order chi connectivity index (χ0) is 14.5. The van der Waals surface area contributed by atoms with Gasteiger partial charge >= 0.3 is 0 Å². The largest absolute Gasteiger partial charge is 0.368 e. The molecule has 0 saturated carbocycles. The van der Waals surface area contributed by atoms with E-state index in [-0.39, 0.29) is 12.3 Å². The lowest BCUT2D eigenvalue weighted by molar-refractivity contribution is -0.120. The topological polar surface area (TPSA) is 112 Å². The first kappa shape index (κ1) is 14.4. The number of nitrogens with zero attached hydrogens (tertiary/aromatic N) is 3. The molecule has 106 valence electrons. The number of rotatable bonds is 5. The minimum Gasteiger partial charge on any atom is -0.368 e. The smallest absolute Gasteiger partial charge is 0.238 e. The molecule has 8 heteroatoms. The van der Waals surface area contributed by atoms with Crippen molar-refractivity contribution in [2.45, 2.75) is 17.3 Å². The predicted octanol–water partition coefficient (Wildman–Crippen LogP) is 0.222. The van der Waals surface area contributed by atoms with E-state index in [4.69, 9.17) is 11.6 Å². The Morgan fingerprint density at radius 2 is 1.95 bits per heavy atom. The van der Waals surface area contributed by atoms with Crippen LogP contribution < -0.4 is 17.0 Å². The maximum Gasteiger partial charge on any atom is 0.238 e. The predicted molar refractivity (Wildman–Crippen MR) is 77.5 cm³/mol. The fourth-order valence-electron chi connectivity index (χ4n) is 1.59. The average molecular weight is 292 g/mol. The number of hydrogen-bond donors (Lipinski definition) is 3. The molecule has 1 heterocycles. The SMILES string of the molecule is Cn1c(N)nnc1SCc1ccc(CC(=O)NN)cc1. The molecule has 1 amide bonds. The first-order chi connectivity index (χ1) is 9.60. The molecule has 2 rings (SSSR count). The molecule has 0 fully saturated rings. The molecule has 0 radical (unpaired) electrons. The Morgan fingerprint density at radius 3 is 2.50 bits per heavy atom. The fraction of sp³-hybridized carbons (Fsp3) is 0.250. The second-order valence-electron chi connectivity index (χ2n) is 4.25. The zero-order valence-electron chi connectivity index (χ0n) is 11.0. The maximum absolute atomic E-state index is 11.1. The number of anilines is 1. The van der Waals surface area contributed by atoms with Crippen molar-refractivity contribution >= 4 is 23.6 Å². The van der Waals surface area contributed by atoms with E-state index < -0.39 is 0 Å². The third-order valence-electron chi connectivity index (χ3n) is 2.79. The number of hydrogen-bond acceptors (Lipinski definition) is 6. The van der Waals surface area contributed by atoms with E-state index in [9.17, 15) is 4.79 Å². The molecule has 20 heavy (non-hydrogen) atoms. The van der Waals surface area contributed by atoms with Gasteiger partial charge in [-0.15, -0.1) is 10.2 Å². The van der Waals surface area contributed by atoms with Crippen molar-refractivity contribution in [2.24, 2.45) is 12.9 Å². The van der Waals surface area contributed by atoms with Gasteiger partial charge < -0.3 is 5.73 Å². The molecular formula is C12H16N6OS. The summed E-state index contributed by atoms with van der Waals surface area (Å²) in [5.74, 6) is 6.00. The minimum absolute atomic E-state index is 0.207. The summed E-state index contributed by atoms with van der Waals surface area (Å²) in [5, 5.41) is 8.55. The third kappa shape index (κ3) is 3.49. The lowest BCUT2D eigenvalue weighted by Crippen LogP contribution is -2.31. The summed E-state index contributed by atoms with van der Waals surface area (Å²) < 4.78 is 1.74. The van der Waals surface area contributed by atoms with E-state index >= 15 is 0 Å². The molecule has 0 aliphatic heterocycles. The lowest BCUT2D eigenvalue weighted by atomic mass is 10.1. The van der Waals surface area contributed by atoms with Crippen LogP contribution in [0.5, 0.6) is 0 Å². The van der Waals surface area contributed by atoms with Crippen molar-refractivity contribution < 1.29 is 4.79 Å². The highest BCUT2D eigenvalue weighted by Crippen LogP contribution is 2.21. The van der Waals surface area contributed by atoms with Gasteiger partial charge in [0.05, 0.1) is 6.42 Å². The van der Waals surface area contributed by atoms with E-state index in [2.05, 4.69) is 15.6 Å². The van der Waals surface area contributed by atoms with Gasteiger partial charge in [0.15, 0.2) is 5.16 Å². The molecule has 0 bridgehead atoms. The van der Waals surface area contributed by atoms with Crippen LogP contribution in [0.2, 0.25) is 0 Å². The lowest BCUT2D eigenvalue weighted by Gasteiger charge is -2.04. The second-order valence-corrected chi connectivity index (χ2v) is 5.19. The van der Waals surface area contributed by atoms with Gasteiger partial charge in [-0.3, -0.25) is 14.8 Å². The van der Waals surface area contributed by atoms with Gasteiger partial charge in [-0.2, -0.15) is 0 Å². The highest BCUT2D eigenvalue weighted by Gasteiger charge is 2.06. The normalized spacial score (nSPS) is 10.5. The third-order valence-corrected chi connectivity index (χ3v) is 3.88. The molecule has 0 saturated heterocycles. The summed E-state index contributed by atoms with van der Waals surface area (Å²) in [5.41, 5.74) is 9.78. The molecule has 0 aliphatic rings. The molecule has 0 unspecified atom stereocenters. The molecule has 2 aromatic rings. The zero-order valence-corrected chi connectivity index (χ0v) is 11.9. The number of carbonyl (C=O) groups is 1. The minimum atomic E-state index is -0.207. The second kappa shape index (κ2) is 6.40. The Labute approximate surface area is 120 Å². The molecule has 0 aliphatic carbocycles. The number of hydrazine groups is 1. The van der Waals surface area contributed by atoms with Crippen molar-refractivity contribution in [2.75, 3.05) is 5.73 Å². The van der Waals surface area contributed by atoms with Gasteiger partial charge in [-0.05, 0) is 11.1 Å². The van der Waals surface area contributed by atoms with Gasteiger partial charge in [-0.1, -0.05) is 36.0 Å². The van der Waals surface area contributed by atoms with Crippen LogP contribution in [-0.4, -0.2) is 20.7 Å². The number of nitrogen functional groups attached to an aromatic ring is 1. The molecule has 5 N–H and O–H groups in total. The number of aromatic nitrogens is 3. The number of amides is 1. The van der Waals surface area contributed by atoms with Crippen LogP contribution in [0, 0.1) is 0 Å². The maximum atomic E-state index is 11.1. The first-order valence-corrected chi connectivity index (χ1v) is 6.93. The van der Waals surface area contributed by atoms with Crippen molar-refractivity contribution in [3.8, 4) is 0 Å². The van der Waals surface area contributed by atoms with Crippen LogP contribution in [0.15, 0.2) is 29.4 Å². The standard InChI is InChI=1S/C12H16N6OS/c1-18-11(13)16-17-12(18)20-7-9-4-2-8(3-5-9)6-10(19)15-14/h2-5H,6-7,14H2,1H3,(H2,13,16)(H,15,19). The van der Waals surface area contributed by atoms with Crippen LogP contribution in [0.3, 0.4) is 0 Å². The summed E-state index contributed by atoms with van der Waals surface area (Å²) in [4.78, 5) is 11.1. The van der Waals surface area contributed by atoms with Gasteiger partial charge in [0.2, 0.25) is 11.9 Å². The summed E-state index contributed by atoms with van der Waals surface area (Å²) in [6.45, 7) is 0. The van der Waals surface area contributed by atoms with E-state index in [1.54, 1.807) is 16.3 Å². The Bertz CT molecular complexity index is 594. The average Bonchev–Trinajstić information content (AvgIpc) is 2.78. The van der Waals surface area contributed by atoms with E-state index in [0.29, 0.717) is 5.95 Å². The molecule has 0 atom stereocenters. The molecule has 1 aromatic carbocycles. The van der Waals surface area contributed by atoms with Gasteiger partial charge in [0, 0.05) is 12.8 Å². The molecule has 0 spiro atoms. The summed E-state index contributed by atoms with van der Waals surface area (Å²) >= 11 is 1.56. The van der Waals surface area contributed by atoms with Gasteiger partial charge in [0.25, 0.3) is 0 Å². The van der Waals surface area contributed by atoms with Crippen LogP contribution in [0.25, 0.3) is 0 Å². The summed E-state index contributed by atoms with van der Waals surface area (Å²) in [7, 11) is 1.83. The monoisotopic (exact) mass is 292 g/mol. The highest BCUT2D eigenvalue weighted by atomic mass is 32.2. The van der Waals surface area contributed by atoms with Crippen LogP contribution in [-0.2, 0) is 24.0 Å². The van der Waals surface area contributed by atoms with E-state index in [0.717, 1.165) is 22.0 Å². The van der Waals surface area contributed by atoms with E-state index in [1.165, 1.54) is 0 Å². The Kier molecular flexibility index (Phi) is 4.59. The Balaban J connectivity index is 1.94. The Morgan fingerprint density at radius 1 is 1.30 bits per heavy atom. The first-order valence-electron chi connectivity index (χ1n) is 5.95. The number of benzene rings is 1. The number of nitrogens with two attached hydrogens (primary N) is 2. The van der Waals surface area contributed by atoms with Crippen LogP contribution >= 0.6 is 11.8 Å². The fourth-order valence-corrected chi connectivity index (χ4v) is 2.46. The number of nitrogens with one attached hydrogen (secondary N) is 1. The van der Waals surface area contributed by atoms with E-state index in [1.807, 2.05) is 31.3 Å². The molecular weight excluding hydrogens is 276 g/mol. The van der Waals surface area contributed by atoms with Gasteiger partial charge in [-0.25, -0.2) is 5.84 Å². The van der Waals surface area contributed by atoms with Crippen molar-refractivity contribution in [3.63, 3.8) is 0 Å². The van der Waals surface area contributed by atoms with Gasteiger partial charge in [0.1, 0.15) is 0 Å². The number of thioether (sulfide) groups is 1. The van der Waals surface area contributed by atoms with Crippen molar-refractivity contribution in [1.82, 2.24) is 20.2 Å². The van der Waals surface area contributed by atoms with Crippen molar-refractivity contribution in [1.29, 1.82) is 0 Å².